The molecule has 76 valence electrons. The summed E-state index contributed by atoms with van der Waals surface area (Å²) in [4.78, 5) is 24.3. The molecule has 0 saturated carbocycles. The van der Waals surface area contributed by atoms with Crippen molar-refractivity contribution in [3.05, 3.63) is 0 Å². The van der Waals surface area contributed by atoms with Gasteiger partial charge in [0.1, 0.15) is 0 Å². The number of rotatable bonds is 4. The molecule has 0 fully saturated rings. The van der Waals surface area contributed by atoms with Gasteiger partial charge in [0.05, 0.1) is 0 Å². The first kappa shape index (κ1) is 12.7. The topological polar surface area (TPSA) is 93.1 Å². The van der Waals surface area contributed by atoms with Gasteiger partial charge >= 0.3 is 80.2 Å². The third-order valence-corrected chi connectivity index (χ3v) is 5.08. The molecule has 0 spiro atoms. The van der Waals surface area contributed by atoms with Gasteiger partial charge in [-0.1, -0.05) is 0 Å². The standard InChI is InChI=1S/2C2H4O3.2CH3.Sn/c2*3-1-2(4)5;;;/h2*3H,1H2,(H,4,5);2*1H3;/q;;;;+2/p-2. The molecular weight excluding hydrogens is 287 g/mol. The van der Waals surface area contributed by atoms with E-state index in [1.165, 1.54) is 9.88 Å². The molecule has 0 radical (unpaired) electrons. The van der Waals surface area contributed by atoms with Crippen molar-refractivity contribution in [2.75, 3.05) is 13.2 Å². The van der Waals surface area contributed by atoms with E-state index in [4.69, 9.17) is 16.4 Å². The summed E-state index contributed by atoms with van der Waals surface area (Å²) in [5, 5.41) is 16.7. The van der Waals surface area contributed by atoms with Crippen LogP contribution in [-0.4, -0.2) is 54.6 Å². The predicted octanol–water partition coefficient (Wildman–Crippen LogP) is -1.24. The van der Waals surface area contributed by atoms with Gasteiger partial charge in [-0.25, -0.2) is 0 Å². The van der Waals surface area contributed by atoms with Crippen LogP contribution in [0.15, 0.2) is 0 Å². The molecule has 0 aromatic rings. The summed E-state index contributed by atoms with van der Waals surface area (Å²) in [6.07, 6.45) is 0. The van der Waals surface area contributed by atoms with E-state index in [-0.39, 0.29) is 0 Å². The fraction of sp³-hybridized carbons (Fsp3) is 0.667. The van der Waals surface area contributed by atoms with Crippen molar-refractivity contribution in [3.8, 4) is 0 Å². The molecule has 0 aliphatic rings. The van der Waals surface area contributed by atoms with Gasteiger partial charge in [0.25, 0.3) is 0 Å². The zero-order chi connectivity index (χ0) is 10.5. The Bertz CT molecular complexity index is 181. The molecule has 0 atom stereocenters. The molecule has 13 heavy (non-hydrogen) atoms. The van der Waals surface area contributed by atoms with Crippen LogP contribution in [-0.2, 0) is 15.7 Å². The zero-order valence-corrected chi connectivity index (χ0v) is 10.3. The number of aliphatic hydroxyl groups is 2. The maximum absolute atomic E-state index is 10.6. The normalized spacial score (nSPS) is 10.8. The van der Waals surface area contributed by atoms with E-state index in [1.807, 2.05) is 0 Å². The van der Waals surface area contributed by atoms with Crippen LogP contribution in [0.2, 0.25) is 9.88 Å². The van der Waals surface area contributed by atoms with Crippen LogP contribution in [0.5, 0.6) is 0 Å². The van der Waals surface area contributed by atoms with Crippen molar-refractivity contribution in [1.29, 1.82) is 0 Å². The second-order valence-corrected chi connectivity index (χ2v) is 11.8. The fourth-order valence-electron chi connectivity index (χ4n) is 0.634. The summed E-state index contributed by atoms with van der Waals surface area (Å²) in [5.41, 5.74) is 0. The number of carbonyl (C=O) groups excluding carboxylic acids is 2. The van der Waals surface area contributed by atoms with Crippen molar-refractivity contribution in [1.82, 2.24) is 0 Å². The molecular formula is C6H12O6Sn. The fourth-order valence-corrected chi connectivity index (χ4v) is 4.25. The minimum absolute atomic E-state index is 0.739. The summed E-state index contributed by atoms with van der Waals surface area (Å²) in [7, 11) is 0. The van der Waals surface area contributed by atoms with Gasteiger partial charge in [0.2, 0.25) is 0 Å². The van der Waals surface area contributed by atoms with E-state index in [2.05, 4.69) is 0 Å². The van der Waals surface area contributed by atoms with Crippen molar-refractivity contribution >= 4 is 31.1 Å². The second-order valence-electron chi connectivity index (χ2n) is 2.66. The molecule has 0 heterocycles. The first-order valence-corrected chi connectivity index (χ1v) is 11.6. The predicted molar refractivity (Wildman–Crippen MR) is 43.8 cm³/mol. The molecule has 0 aliphatic heterocycles. The first-order valence-electron chi connectivity index (χ1n) is 3.56. The molecule has 7 heteroatoms. The number of hydrogen-bond acceptors (Lipinski definition) is 6. The van der Waals surface area contributed by atoms with Gasteiger partial charge in [-0.2, -0.15) is 0 Å². The van der Waals surface area contributed by atoms with Crippen LogP contribution in [0.25, 0.3) is 0 Å². The molecule has 0 aromatic carbocycles. The van der Waals surface area contributed by atoms with Crippen LogP contribution in [0.4, 0.5) is 0 Å². The minimum atomic E-state index is -3.62. The van der Waals surface area contributed by atoms with E-state index in [9.17, 15) is 9.59 Å². The quantitative estimate of drug-likeness (QED) is 0.631. The summed E-state index contributed by atoms with van der Waals surface area (Å²) in [6, 6.07) is 0. The maximum atomic E-state index is 10.6. The molecule has 0 saturated heterocycles. The Hall–Kier alpha value is -0.341. The SMILES string of the molecule is [CH3][Sn]([CH3])([O]C(=O)CO)[O]C(=O)CO. The first-order chi connectivity index (χ1) is 5.91. The average molecular weight is 299 g/mol. The van der Waals surface area contributed by atoms with Crippen molar-refractivity contribution < 1.29 is 26.0 Å². The third-order valence-electron chi connectivity index (χ3n) is 0.977. The van der Waals surface area contributed by atoms with E-state index < -0.39 is 44.4 Å². The van der Waals surface area contributed by atoms with Gasteiger partial charge in [-0.15, -0.1) is 0 Å². The molecule has 0 aromatic heterocycles. The summed E-state index contributed by atoms with van der Waals surface area (Å²) < 4.78 is 9.45. The van der Waals surface area contributed by atoms with Crippen molar-refractivity contribution in [3.63, 3.8) is 0 Å². The van der Waals surface area contributed by atoms with Crippen LogP contribution < -0.4 is 0 Å². The van der Waals surface area contributed by atoms with Crippen LogP contribution in [0.1, 0.15) is 0 Å². The summed E-state index contributed by atoms with van der Waals surface area (Å²) in [6.45, 7) is -1.48. The molecule has 0 unspecified atom stereocenters. The Kier molecular flexibility index (Phi) is 5.26. The monoisotopic (exact) mass is 300 g/mol. The average Bonchev–Trinajstić information content (AvgIpc) is 2.02. The van der Waals surface area contributed by atoms with Crippen molar-refractivity contribution in [2.24, 2.45) is 0 Å². The Morgan fingerprint density at radius 3 is 1.62 bits per heavy atom. The van der Waals surface area contributed by atoms with E-state index >= 15 is 0 Å². The van der Waals surface area contributed by atoms with Gasteiger partial charge in [-0.3, -0.25) is 0 Å². The van der Waals surface area contributed by atoms with Crippen LogP contribution in [0.3, 0.4) is 0 Å². The van der Waals surface area contributed by atoms with Gasteiger partial charge < -0.3 is 0 Å². The molecule has 0 aliphatic carbocycles. The Labute approximate surface area is 80.4 Å². The molecule has 6 nitrogen and oxygen atoms in total. The molecule has 0 rings (SSSR count). The van der Waals surface area contributed by atoms with E-state index in [0.717, 1.165) is 0 Å². The second kappa shape index (κ2) is 5.40. The number of hydrogen-bond donors (Lipinski definition) is 2. The van der Waals surface area contributed by atoms with Gasteiger partial charge in [0, 0.05) is 0 Å². The molecule has 0 amide bonds. The number of aliphatic hydroxyl groups excluding tert-OH is 2. The molecule has 0 bridgehead atoms. The van der Waals surface area contributed by atoms with Gasteiger partial charge in [-0.05, 0) is 0 Å². The van der Waals surface area contributed by atoms with Crippen molar-refractivity contribution in [2.45, 2.75) is 9.88 Å². The number of carbonyl (C=O) groups is 2. The Morgan fingerprint density at radius 1 is 1.08 bits per heavy atom. The zero-order valence-electron chi connectivity index (χ0n) is 7.44. The van der Waals surface area contributed by atoms with E-state index in [0.29, 0.717) is 0 Å². The van der Waals surface area contributed by atoms with Gasteiger partial charge in [0.15, 0.2) is 0 Å². The third kappa shape index (κ3) is 5.83. The Morgan fingerprint density at radius 2 is 1.38 bits per heavy atom. The van der Waals surface area contributed by atoms with E-state index in [1.54, 1.807) is 0 Å². The summed E-state index contributed by atoms with van der Waals surface area (Å²) >= 11 is -3.62. The Balaban J connectivity index is 4.07. The summed E-state index contributed by atoms with van der Waals surface area (Å²) in [5.74, 6) is -1.63. The molecule has 2 N–H and O–H groups in total. The van der Waals surface area contributed by atoms with Crippen LogP contribution >= 0.6 is 0 Å². The van der Waals surface area contributed by atoms with Crippen LogP contribution in [0, 0.1) is 0 Å².